The number of fused-ring (bicyclic) bond motifs is 2. The summed E-state index contributed by atoms with van der Waals surface area (Å²) in [5, 5.41) is 3.03. The molecule has 2 N–H and O–H groups in total. The quantitative estimate of drug-likeness (QED) is 0.258. The molecule has 1 atom stereocenters. The molecule has 0 saturated carbocycles. The number of piperidine rings is 2. The molecular weight excluding hydrogens is 781 g/mol. The minimum absolute atomic E-state index is 0. The molecule has 16 heteroatoms. The summed E-state index contributed by atoms with van der Waals surface area (Å²) in [6.45, 7) is 12.6. The second-order valence-corrected chi connectivity index (χ2v) is 17.1. The van der Waals surface area contributed by atoms with Gasteiger partial charge in [-0.25, -0.2) is 14.4 Å². The Balaban J connectivity index is 0.000000331. The van der Waals surface area contributed by atoms with Crippen LogP contribution < -0.4 is 11.1 Å². The highest BCUT2D eigenvalue weighted by Gasteiger charge is 2.35. The van der Waals surface area contributed by atoms with Crippen molar-refractivity contribution in [3.05, 3.63) is 63.6 Å². The lowest BCUT2D eigenvalue weighted by Crippen LogP contribution is -2.53. The number of esters is 1. The molecule has 7 rings (SSSR count). The van der Waals surface area contributed by atoms with Gasteiger partial charge in [0.05, 0.1) is 11.9 Å². The lowest BCUT2D eigenvalue weighted by molar-refractivity contribution is -0.144. The molecule has 2 aromatic carbocycles. The number of aromatic amines is 1. The fraction of sp³-hybridized carbons (Fsp3) is 0.622. The van der Waals surface area contributed by atoms with Crippen LogP contribution in [0.15, 0.2) is 45.6 Å². The number of anilines is 1. The van der Waals surface area contributed by atoms with E-state index in [0.717, 1.165) is 74.0 Å². The maximum atomic E-state index is 13.7. The molecule has 3 aromatic rings. The van der Waals surface area contributed by atoms with Gasteiger partial charge in [-0.2, -0.15) is 0 Å². The molecule has 0 radical (unpaired) electrons. The lowest BCUT2D eigenvalue weighted by atomic mass is 9.99. The fourth-order valence-electron chi connectivity index (χ4n) is 8.28. The van der Waals surface area contributed by atoms with E-state index >= 15 is 0 Å². The number of benzene rings is 2. The molecule has 4 aliphatic rings. The largest absolute Gasteiger partial charge is 0.464 e. The minimum atomic E-state index is -1.02. The molecule has 0 aliphatic carbocycles. The highest BCUT2D eigenvalue weighted by Crippen LogP contribution is 2.26. The van der Waals surface area contributed by atoms with Gasteiger partial charge in [0.15, 0.2) is 11.7 Å². The number of hydrogen-bond acceptors (Lipinski definition) is 11. The number of aryl methyl sites for hydroxylation is 1. The average molecular weight is 849 g/mol. The van der Waals surface area contributed by atoms with E-state index in [9.17, 15) is 24.0 Å². The molecule has 1 aromatic heterocycles. The van der Waals surface area contributed by atoms with Crippen molar-refractivity contribution in [2.45, 2.75) is 78.4 Å². The van der Waals surface area contributed by atoms with E-state index in [1.54, 1.807) is 15.9 Å². The fourth-order valence-corrected chi connectivity index (χ4v) is 8.28. The summed E-state index contributed by atoms with van der Waals surface area (Å²) in [5.41, 5.74) is 4.51. The van der Waals surface area contributed by atoms with Gasteiger partial charge >= 0.3 is 23.8 Å². The van der Waals surface area contributed by atoms with Gasteiger partial charge in [0.1, 0.15) is 6.61 Å². The Labute approximate surface area is 360 Å². The summed E-state index contributed by atoms with van der Waals surface area (Å²) in [6.07, 6.45) is 3.66. The van der Waals surface area contributed by atoms with E-state index in [4.69, 9.17) is 13.9 Å². The summed E-state index contributed by atoms with van der Waals surface area (Å²) >= 11 is 0. The Morgan fingerprint density at radius 2 is 1.62 bits per heavy atom. The van der Waals surface area contributed by atoms with Crippen LogP contribution in [0.4, 0.5) is 15.3 Å². The molecule has 0 spiro atoms. The van der Waals surface area contributed by atoms with Crippen molar-refractivity contribution in [2.75, 3.05) is 105 Å². The Bertz CT molecular complexity index is 1980. The van der Waals surface area contributed by atoms with Gasteiger partial charge in [0.2, 0.25) is 0 Å². The molecule has 336 valence electrons. The third-order valence-corrected chi connectivity index (χ3v) is 12.2. The Morgan fingerprint density at radius 1 is 0.918 bits per heavy atom. The minimum Gasteiger partial charge on any atom is -0.464 e. The van der Waals surface area contributed by atoms with Gasteiger partial charge < -0.3 is 48.6 Å². The standard InChI is InChI=1S/C31H38N6O6.C13H26N2O2.CH4/c1-20-17-21(18-25-27(20)33-30(40)42-25)19-26(28(38)35-15-13-34(2)14-16-35)43-31(41)36-10-8-23(9-11-36)37-12-7-22-5-3-4-6-24(22)32-29(37)39;1-12-4-7-15(8-5-12)9-6-13(16)17-11-10-14(2)3;/h3-6,17-18,23,26H,7-16,19H2,1-2H3,(H,32,39)(H,33,40);12H,4-11H2,1-3H3;1H4/t26-;;/m1../s1. The number of urea groups is 1. The van der Waals surface area contributed by atoms with Gasteiger partial charge in [-0.3, -0.25) is 14.6 Å². The van der Waals surface area contributed by atoms with Crippen molar-refractivity contribution >= 4 is 40.8 Å². The number of aromatic nitrogens is 1. The smallest absolute Gasteiger partial charge is 0.417 e. The predicted octanol–water partition coefficient (Wildman–Crippen LogP) is 4.66. The van der Waals surface area contributed by atoms with Crippen LogP contribution in [0.3, 0.4) is 0 Å². The summed E-state index contributed by atoms with van der Waals surface area (Å²) in [5.74, 6) is 0.00603. The van der Waals surface area contributed by atoms with Gasteiger partial charge in [0.25, 0.3) is 5.91 Å². The van der Waals surface area contributed by atoms with Crippen molar-refractivity contribution in [3.63, 3.8) is 0 Å². The highest BCUT2D eigenvalue weighted by molar-refractivity contribution is 5.91. The Kier molecular flexibility index (Phi) is 17.2. The predicted molar refractivity (Wildman–Crippen MR) is 236 cm³/mol. The molecule has 3 saturated heterocycles. The highest BCUT2D eigenvalue weighted by atomic mass is 16.6. The number of para-hydroxylation sites is 1. The van der Waals surface area contributed by atoms with Crippen LogP contribution in [-0.2, 0) is 31.9 Å². The molecule has 3 fully saturated rings. The number of piperazine rings is 1. The molecule has 4 amide bonds. The number of likely N-dealkylation sites (N-methyl/N-ethyl adjacent to an activating group) is 2. The number of likely N-dealkylation sites (tertiary alicyclic amines) is 2. The molecular formula is C45H68N8O8. The maximum absolute atomic E-state index is 13.7. The summed E-state index contributed by atoms with van der Waals surface area (Å²) in [6, 6.07) is 11.3. The molecule has 5 heterocycles. The number of H-pyrrole nitrogens is 1. The number of nitrogens with zero attached hydrogens (tertiary/aromatic N) is 6. The third-order valence-electron chi connectivity index (χ3n) is 12.2. The molecule has 16 nitrogen and oxygen atoms in total. The number of nitrogens with one attached hydrogen (secondary N) is 2. The van der Waals surface area contributed by atoms with Crippen LogP contribution in [-0.4, -0.2) is 170 Å². The van der Waals surface area contributed by atoms with Crippen molar-refractivity contribution in [1.82, 2.24) is 34.4 Å². The van der Waals surface area contributed by atoms with Crippen LogP contribution in [0.25, 0.3) is 11.1 Å². The van der Waals surface area contributed by atoms with E-state index in [-0.39, 0.29) is 37.8 Å². The summed E-state index contributed by atoms with van der Waals surface area (Å²) in [7, 11) is 5.96. The van der Waals surface area contributed by atoms with Gasteiger partial charge in [-0.15, -0.1) is 0 Å². The number of carbonyl (C=O) groups excluding carboxylic acids is 4. The molecule has 0 bridgehead atoms. The van der Waals surface area contributed by atoms with Gasteiger partial charge in [-0.1, -0.05) is 38.6 Å². The second kappa shape index (κ2) is 22.2. The first-order valence-corrected chi connectivity index (χ1v) is 21.6. The summed E-state index contributed by atoms with van der Waals surface area (Å²) < 4.78 is 16.4. The summed E-state index contributed by atoms with van der Waals surface area (Å²) in [4.78, 5) is 77.8. The Morgan fingerprint density at radius 3 is 2.33 bits per heavy atom. The van der Waals surface area contributed by atoms with E-state index in [0.29, 0.717) is 69.7 Å². The first-order chi connectivity index (χ1) is 28.8. The lowest BCUT2D eigenvalue weighted by Gasteiger charge is -2.38. The molecule has 61 heavy (non-hydrogen) atoms. The molecule has 0 unspecified atom stereocenters. The zero-order chi connectivity index (χ0) is 42.8. The van der Waals surface area contributed by atoms with E-state index < -0.39 is 18.0 Å². The normalized spacial score (nSPS) is 18.7. The Hall–Kier alpha value is -4.93. The van der Waals surface area contributed by atoms with Crippen molar-refractivity contribution in [3.8, 4) is 0 Å². The van der Waals surface area contributed by atoms with Gasteiger partial charge in [0, 0.05) is 77.1 Å². The second-order valence-electron chi connectivity index (χ2n) is 17.1. The number of hydrogen-bond donors (Lipinski definition) is 2. The zero-order valence-electron chi connectivity index (χ0n) is 36.1. The number of carbonyl (C=O) groups is 4. The number of oxazole rings is 1. The number of amides is 4. The van der Waals surface area contributed by atoms with Crippen LogP contribution >= 0.6 is 0 Å². The van der Waals surface area contributed by atoms with Crippen molar-refractivity contribution < 1.29 is 33.1 Å². The van der Waals surface area contributed by atoms with Crippen LogP contribution in [0.2, 0.25) is 0 Å². The van der Waals surface area contributed by atoms with Crippen LogP contribution in [0.1, 0.15) is 63.1 Å². The van der Waals surface area contributed by atoms with Crippen molar-refractivity contribution in [1.29, 1.82) is 0 Å². The monoisotopic (exact) mass is 849 g/mol. The van der Waals surface area contributed by atoms with Crippen molar-refractivity contribution in [2.24, 2.45) is 5.92 Å². The molecule has 4 aliphatic heterocycles. The first kappa shape index (κ1) is 47.1. The zero-order valence-corrected chi connectivity index (χ0v) is 36.1. The SMILES string of the molecule is C.CC1CCN(CCC(=O)OCCN(C)C)CC1.Cc1cc(C[C@@H](OC(=O)N2CCC(N3CCc4ccccc4NC3=O)CC2)C(=O)N2CCN(C)CC2)cc2oc(=O)[nH]c12. The number of ether oxygens (including phenoxy) is 2. The van der Waals surface area contributed by atoms with Crippen LogP contribution in [0, 0.1) is 12.8 Å². The topological polar surface area (TPSA) is 164 Å². The van der Waals surface area contributed by atoms with E-state index in [1.807, 2.05) is 68.2 Å². The first-order valence-electron chi connectivity index (χ1n) is 21.6. The van der Waals surface area contributed by atoms with E-state index in [2.05, 4.69) is 27.0 Å². The van der Waals surface area contributed by atoms with Crippen LogP contribution in [0.5, 0.6) is 0 Å². The average Bonchev–Trinajstić information content (AvgIpc) is 3.53. The third kappa shape index (κ3) is 13.3. The maximum Gasteiger partial charge on any atom is 0.417 e. The van der Waals surface area contributed by atoms with E-state index in [1.165, 1.54) is 12.8 Å². The van der Waals surface area contributed by atoms with Gasteiger partial charge in [-0.05, 0) is 108 Å². The number of rotatable bonds is 11.